The van der Waals surface area contributed by atoms with E-state index in [9.17, 15) is 14.4 Å². The molecule has 0 fully saturated rings. The average molecular weight is 978 g/mol. The van der Waals surface area contributed by atoms with Crippen LogP contribution in [0, 0.1) is 0 Å². The molecule has 0 radical (unpaired) electrons. The van der Waals surface area contributed by atoms with E-state index >= 15 is 0 Å². The van der Waals surface area contributed by atoms with E-state index < -0.39 is 6.10 Å². The van der Waals surface area contributed by atoms with Crippen molar-refractivity contribution in [2.24, 2.45) is 0 Å². The van der Waals surface area contributed by atoms with E-state index in [2.05, 4.69) is 93.7 Å². The molecule has 0 aliphatic heterocycles. The zero-order chi connectivity index (χ0) is 50.7. The van der Waals surface area contributed by atoms with Crippen LogP contribution in [0.25, 0.3) is 0 Å². The molecule has 6 nitrogen and oxygen atoms in total. The first kappa shape index (κ1) is 66.9. The van der Waals surface area contributed by atoms with Crippen LogP contribution in [0.15, 0.2) is 72.9 Å². The predicted molar refractivity (Wildman–Crippen MR) is 302 cm³/mol. The Kier molecular flexibility index (Phi) is 55.8. The summed E-state index contributed by atoms with van der Waals surface area (Å²) in [4.78, 5) is 38.1. The molecular weight excluding hydrogens is 865 g/mol. The number of esters is 3. The van der Waals surface area contributed by atoms with Crippen LogP contribution in [-0.4, -0.2) is 37.2 Å². The van der Waals surface area contributed by atoms with Crippen LogP contribution in [-0.2, 0) is 28.6 Å². The molecule has 1 atom stereocenters. The lowest BCUT2D eigenvalue weighted by Crippen LogP contribution is -2.30. The van der Waals surface area contributed by atoms with Crippen LogP contribution in [0.4, 0.5) is 0 Å². The highest BCUT2D eigenvalue weighted by Gasteiger charge is 2.19. The summed E-state index contributed by atoms with van der Waals surface area (Å²) in [5, 5.41) is 0. The largest absolute Gasteiger partial charge is 0.462 e. The Balaban J connectivity index is 4.26. The molecule has 0 bridgehead atoms. The van der Waals surface area contributed by atoms with Gasteiger partial charge in [-0.2, -0.15) is 0 Å². The Morgan fingerprint density at radius 3 is 0.871 bits per heavy atom. The summed E-state index contributed by atoms with van der Waals surface area (Å²) in [6.45, 7) is 6.51. The third-order valence-corrected chi connectivity index (χ3v) is 12.9. The van der Waals surface area contributed by atoms with Gasteiger partial charge in [-0.3, -0.25) is 14.4 Å². The topological polar surface area (TPSA) is 78.9 Å². The molecule has 404 valence electrons. The van der Waals surface area contributed by atoms with Gasteiger partial charge in [0.1, 0.15) is 13.2 Å². The molecule has 0 aromatic rings. The SMILES string of the molecule is CC/C=C\C/C=C\C/C=C\C/C=C\CCCCCCC(=O)OC(COC(=O)CCCCCCCCCCCC)COC(=O)CCCCCCCCCCCCCCC/C=C\C/C=C\CCCCCCC. The molecule has 0 aliphatic rings. The zero-order valence-electron chi connectivity index (χ0n) is 46.3. The summed E-state index contributed by atoms with van der Waals surface area (Å²) in [5.74, 6) is -0.900. The summed E-state index contributed by atoms with van der Waals surface area (Å²) >= 11 is 0. The van der Waals surface area contributed by atoms with Crippen molar-refractivity contribution in [2.45, 2.75) is 303 Å². The summed E-state index contributed by atoms with van der Waals surface area (Å²) in [6.07, 6.45) is 74.8. The minimum absolute atomic E-state index is 0.0832. The van der Waals surface area contributed by atoms with Crippen molar-refractivity contribution in [3.63, 3.8) is 0 Å². The Hall–Kier alpha value is -3.15. The molecule has 0 saturated heterocycles. The van der Waals surface area contributed by atoms with E-state index in [0.717, 1.165) is 103 Å². The standard InChI is InChI=1S/C64H112O6/c1-4-7-10-13-16-19-22-24-26-28-29-30-31-32-33-34-35-37-38-40-42-45-48-51-54-57-63(66)69-60-61(59-68-62(65)56-53-50-47-44-21-18-15-12-9-6-3)70-64(67)58-55-52-49-46-43-41-39-36-27-25-23-20-17-14-11-8-5-2/h8,11,17,20,22,24-25,27-29,39,41,61H,4-7,9-10,12-16,18-19,21,23,26,30-38,40,42-60H2,1-3H3/b11-8-,20-17-,24-22-,27-25-,29-28-,41-39-. The van der Waals surface area contributed by atoms with Gasteiger partial charge in [0, 0.05) is 19.3 Å². The fraction of sp³-hybridized carbons (Fsp3) is 0.766. The lowest BCUT2D eigenvalue weighted by Gasteiger charge is -2.18. The normalized spacial score (nSPS) is 12.6. The molecule has 70 heavy (non-hydrogen) atoms. The highest BCUT2D eigenvalue weighted by atomic mass is 16.6. The fourth-order valence-electron chi connectivity index (χ4n) is 8.47. The number of carbonyl (C=O) groups excluding carboxylic acids is 3. The summed E-state index contributed by atoms with van der Waals surface area (Å²) in [6, 6.07) is 0. The van der Waals surface area contributed by atoms with Gasteiger partial charge in [-0.25, -0.2) is 0 Å². The third kappa shape index (κ3) is 55.8. The van der Waals surface area contributed by atoms with Crippen molar-refractivity contribution in [1.82, 2.24) is 0 Å². The molecular formula is C64H112O6. The van der Waals surface area contributed by atoms with Gasteiger partial charge in [-0.05, 0) is 89.9 Å². The van der Waals surface area contributed by atoms with Crippen molar-refractivity contribution in [3.8, 4) is 0 Å². The van der Waals surface area contributed by atoms with E-state index in [4.69, 9.17) is 14.2 Å². The minimum Gasteiger partial charge on any atom is -0.462 e. The number of ether oxygens (including phenoxy) is 3. The number of allylic oxidation sites excluding steroid dienone is 12. The highest BCUT2D eigenvalue weighted by molar-refractivity contribution is 5.71. The maximum absolute atomic E-state index is 12.8. The molecule has 0 spiro atoms. The van der Waals surface area contributed by atoms with Crippen molar-refractivity contribution in [3.05, 3.63) is 72.9 Å². The van der Waals surface area contributed by atoms with E-state index in [-0.39, 0.29) is 31.1 Å². The number of carbonyl (C=O) groups is 3. The van der Waals surface area contributed by atoms with Gasteiger partial charge < -0.3 is 14.2 Å². The fourth-order valence-corrected chi connectivity index (χ4v) is 8.47. The molecule has 0 heterocycles. The molecule has 0 aliphatic carbocycles. The van der Waals surface area contributed by atoms with Crippen LogP contribution in [0.3, 0.4) is 0 Å². The predicted octanol–water partition coefficient (Wildman–Crippen LogP) is 20.2. The number of unbranched alkanes of at least 4 members (excludes halogenated alkanes) is 31. The van der Waals surface area contributed by atoms with Crippen molar-refractivity contribution in [2.75, 3.05) is 13.2 Å². The van der Waals surface area contributed by atoms with Crippen LogP contribution in [0.2, 0.25) is 0 Å². The molecule has 0 rings (SSSR count). The van der Waals surface area contributed by atoms with Crippen molar-refractivity contribution < 1.29 is 28.6 Å². The second kappa shape index (κ2) is 58.4. The minimum atomic E-state index is -0.786. The first-order chi connectivity index (χ1) is 34.5. The molecule has 0 amide bonds. The number of hydrogen-bond donors (Lipinski definition) is 0. The molecule has 1 unspecified atom stereocenters. The van der Waals surface area contributed by atoms with Crippen molar-refractivity contribution >= 4 is 17.9 Å². The van der Waals surface area contributed by atoms with E-state index in [0.29, 0.717) is 19.3 Å². The van der Waals surface area contributed by atoms with Gasteiger partial charge >= 0.3 is 17.9 Å². The van der Waals surface area contributed by atoms with Gasteiger partial charge in [0.25, 0.3) is 0 Å². The zero-order valence-corrected chi connectivity index (χ0v) is 46.3. The van der Waals surface area contributed by atoms with Gasteiger partial charge in [0.2, 0.25) is 0 Å². The Bertz CT molecular complexity index is 1310. The Morgan fingerprint density at radius 2 is 0.557 bits per heavy atom. The first-order valence-electron chi connectivity index (χ1n) is 29.9. The number of rotatable bonds is 54. The Morgan fingerprint density at radius 1 is 0.300 bits per heavy atom. The molecule has 0 N–H and O–H groups in total. The maximum atomic E-state index is 12.8. The first-order valence-corrected chi connectivity index (χ1v) is 29.9. The average Bonchev–Trinajstić information content (AvgIpc) is 3.36. The summed E-state index contributed by atoms with van der Waals surface area (Å²) in [7, 11) is 0. The second-order valence-electron chi connectivity index (χ2n) is 19.9. The lowest BCUT2D eigenvalue weighted by molar-refractivity contribution is -0.167. The van der Waals surface area contributed by atoms with E-state index in [1.807, 2.05) is 0 Å². The van der Waals surface area contributed by atoms with Crippen LogP contribution >= 0.6 is 0 Å². The smallest absolute Gasteiger partial charge is 0.306 e. The second-order valence-corrected chi connectivity index (χ2v) is 19.9. The quantitative estimate of drug-likeness (QED) is 0.0261. The lowest BCUT2D eigenvalue weighted by atomic mass is 10.0. The summed E-state index contributed by atoms with van der Waals surface area (Å²) in [5.41, 5.74) is 0. The monoisotopic (exact) mass is 977 g/mol. The van der Waals surface area contributed by atoms with Gasteiger partial charge in [0.15, 0.2) is 6.10 Å². The third-order valence-electron chi connectivity index (χ3n) is 12.9. The van der Waals surface area contributed by atoms with Gasteiger partial charge in [-0.1, -0.05) is 261 Å². The van der Waals surface area contributed by atoms with E-state index in [1.165, 1.54) is 154 Å². The molecule has 6 heteroatoms. The van der Waals surface area contributed by atoms with Crippen LogP contribution in [0.5, 0.6) is 0 Å². The van der Waals surface area contributed by atoms with Crippen molar-refractivity contribution in [1.29, 1.82) is 0 Å². The highest BCUT2D eigenvalue weighted by Crippen LogP contribution is 2.16. The molecule has 0 saturated carbocycles. The van der Waals surface area contributed by atoms with Crippen LogP contribution in [0.1, 0.15) is 297 Å². The van der Waals surface area contributed by atoms with Crippen LogP contribution < -0.4 is 0 Å². The number of hydrogen-bond acceptors (Lipinski definition) is 6. The van der Waals surface area contributed by atoms with Gasteiger partial charge in [-0.15, -0.1) is 0 Å². The summed E-state index contributed by atoms with van der Waals surface area (Å²) < 4.78 is 16.8. The van der Waals surface area contributed by atoms with Gasteiger partial charge in [0.05, 0.1) is 0 Å². The Labute approximate surface area is 433 Å². The van der Waals surface area contributed by atoms with E-state index in [1.54, 1.807) is 0 Å². The molecule has 0 aromatic heterocycles. The molecule has 0 aromatic carbocycles. The maximum Gasteiger partial charge on any atom is 0.306 e.